The Bertz CT molecular complexity index is 281. The Morgan fingerprint density at radius 1 is 1.00 bits per heavy atom. The van der Waals surface area contributed by atoms with Gasteiger partial charge in [-0.15, -0.1) is 0 Å². The largest absolute Gasteiger partial charge is 0.364 e. The summed E-state index contributed by atoms with van der Waals surface area (Å²) < 4.78 is 0. The van der Waals surface area contributed by atoms with Crippen molar-refractivity contribution in [1.82, 2.24) is 0 Å². The number of hydrogen-bond acceptors (Lipinski definition) is 1. The normalized spacial score (nSPS) is 15.6. The van der Waals surface area contributed by atoms with E-state index in [1.54, 1.807) is 0 Å². The van der Waals surface area contributed by atoms with Gasteiger partial charge in [0.05, 0.1) is 0 Å². The predicted molar refractivity (Wildman–Crippen MR) is 52.8 cm³/mol. The van der Waals surface area contributed by atoms with Crippen molar-refractivity contribution in [2.75, 3.05) is 18.0 Å². The second kappa shape index (κ2) is 3.20. The summed E-state index contributed by atoms with van der Waals surface area (Å²) in [6, 6.07) is 7.95. The third kappa shape index (κ3) is 1.46. The molecule has 0 amide bonds. The van der Waals surface area contributed by atoms with E-state index in [1.165, 1.54) is 5.69 Å². The van der Waals surface area contributed by atoms with E-state index >= 15 is 0 Å². The molecule has 1 heterocycles. The Hall–Kier alpha value is -0.950. The molecule has 0 fully saturated rings. The van der Waals surface area contributed by atoms with Crippen molar-refractivity contribution in [3.8, 4) is 0 Å². The summed E-state index contributed by atoms with van der Waals surface area (Å²) >= 11 is 5.78. The zero-order valence-electron chi connectivity index (χ0n) is 6.70. The first kappa shape index (κ1) is 7.69. The number of rotatable bonds is 1. The highest BCUT2D eigenvalue weighted by molar-refractivity contribution is 6.30. The van der Waals surface area contributed by atoms with Crippen LogP contribution < -0.4 is 4.90 Å². The van der Waals surface area contributed by atoms with Crippen LogP contribution in [0.2, 0.25) is 5.02 Å². The fourth-order valence-corrected chi connectivity index (χ4v) is 1.47. The van der Waals surface area contributed by atoms with Crippen molar-refractivity contribution in [3.63, 3.8) is 0 Å². The van der Waals surface area contributed by atoms with E-state index in [-0.39, 0.29) is 0 Å². The summed E-state index contributed by atoms with van der Waals surface area (Å²) in [6.45, 7) is 2.03. The molecular formula is C10H10ClN. The topological polar surface area (TPSA) is 3.24 Å². The molecule has 1 aliphatic rings. The van der Waals surface area contributed by atoms with E-state index in [2.05, 4.69) is 29.2 Å². The number of nitrogens with zero attached hydrogens (tertiary/aromatic N) is 1. The van der Waals surface area contributed by atoms with E-state index in [1.807, 2.05) is 12.1 Å². The molecule has 2 rings (SSSR count). The summed E-state index contributed by atoms with van der Waals surface area (Å²) in [7, 11) is 0. The molecule has 0 radical (unpaired) electrons. The van der Waals surface area contributed by atoms with Crippen LogP contribution in [-0.2, 0) is 0 Å². The van der Waals surface area contributed by atoms with Gasteiger partial charge in [-0.25, -0.2) is 0 Å². The Morgan fingerprint density at radius 2 is 1.58 bits per heavy atom. The molecule has 1 aromatic carbocycles. The minimum absolute atomic E-state index is 0.797. The fraction of sp³-hybridized carbons (Fsp3) is 0.200. The van der Waals surface area contributed by atoms with Crippen LogP contribution in [-0.4, -0.2) is 13.1 Å². The summed E-state index contributed by atoms with van der Waals surface area (Å²) in [4.78, 5) is 2.29. The van der Waals surface area contributed by atoms with Gasteiger partial charge >= 0.3 is 0 Å². The van der Waals surface area contributed by atoms with Crippen molar-refractivity contribution >= 4 is 17.3 Å². The molecule has 0 aromatic heterocycles. The molecule has 0 aliphatic carbocycles. The van der Waals surface area contributed by atoms with Crippen molar-refractivity contribution in [1.29, 1.82) is 0 Å². The monoisotopic (exact) mass is 179 g/mol. The van der Waals surface area contributed by atoms with Crippen molar-refractivity contribution in [3.05, 3.63) is 41.4 Å². The summed E-state index contributed by atoms with van der Waals surface area (Å²) in [5.74, 6) is 0. The van der Waals surface area contributed by atoms with Gasteiger partial charge in [0.1, 0.15) is 0 Å². The highest BCUT2D eigenvalue weighted by atomic mass is 35.5. The second-order valence-corrected chi connectivity index (χ2v) is 3.29. The van der Waals surface area contributed by atoms with E-state index in [0.717, 1.165) is 18.1 Å². The van der Waals surface area contributed by atoms with Gasteiger partial charge in [0.25, 0.3) is 0 Å². The first-order valence-corrected chi connectivity index (χ1v) is 4.39. The molecular weight excluding hydrogens is 170 g/mol. The maximum atomic E-state index is 5.78. The maximum absolute atomic E-state index is 5.78. The van der Waals surface area contributed by atoms with Crippen LogP contribution in [0.25, 0.3) is 0 Å². The fourth-order valence-electron chi connectivity index (χ4n) is 1.34. The quantitative estimate of drug-likeness (QED) is 0.600. The van der Waals surface area contributed by atoms with Gasteiger partial charge in [0, 0.05) is 23.8 Å². The van der Waals surface area contributed by atoms with Gasteiger partial charge < -0.3 is 4.90 Å². The summed E-state index contributed by atoms with van der Waals surface area (Å²) in [6.07, 6.45) is 4.35. The Morgan fingerprint density at radius 3 is 2.17 bits per heavy atom. The summed E-state index contributed by atoms with van der Waals surface area (Å²) in [5, 5.41) is 0.797. The van der Waals surface area contributed by atoms with Gasteiger partial charge in [-0.3, -0.25) is 0 Å². The lowest BCUT2D eigenvalue weighted by molar-refractivity contribution is 1.01. The van der Waals surface area contributed by atoms with Crippen molar-refractivity contribution in [2.45, 2.75) is 0 Å². The van der Waals surface area contributed by atoms with E-state index in [4.69, 9.17) is 11.6 Å². The van der Waals surface area contributed by atoms with Crippen LogP contribution in [0.1, 0.15) is 0 Å². The minimum Gasteiger partial charge on any atom is -0.364 e. The number of anilines is 1. The van der Waals surface area contributed by atoms with Crippen molar-refractivity contribution < 1.29 is 0 Å². The molecule has 1 aromatic rings. The lowest BCUT2D eigenvalue weighted by Crippen LogP contribution is -2.17. The molecule has 12 heavy (non-hydrogen) atoms. The predicted octanol–water partition coefficient (Wildman–Crippen LogP) is 2.72. The third-order valence-electron chi connectivity index (χ3n) is 2.01. The van der Waals surface area contributed by atoms with Crippen LogP contribution in [0, 0.1) is 0 Å². The zero-order chi connectivity index (χ0) is 8.39. The molecule has 0 atom stereocenters. The molecule has 0 bridgehead atoms. The Kier molecular flexibility index (Phi) is 2.05. The van der Waals surface area contributed by atoms with Crippen LogP contribution in [0.5, 0.6) is 0 Å². The maximum Gasteiger partial charge on any atom is 0.0407 e. The number of halogens is 1. The highest BCUT2D eigenvalue weighted by Crippen LogP contribution is 2.19. The first-order valence-electron chi connectivity index (χ1n) is 4.02. The van der Waals surface area contributed by atoms with Crippen LogP contribution in [0.3, 0.4) is 0 Å². The molecule has 62 valence electrons. The molecule has 0 saturated carbocycles. The smallest absolute Gasteiger partial charge is 0.0407 e. The lowest BCUT2D eigenvalue weighted by atomic mass is 10.3. The van der Waals surface area contributed by atoms with Crippen molar-refractivity contribution in [2.24, 2.45) is 0 Å². The van der Waals surface area contributed by atoms with Gasteiger partial charge in [-0.2, -0.15) is 0 Å². The Labute approximate surface area is 77.3 Å². The van der Waals surface area contributed by atoms with Gasteiger partial charge in [-0.05, 0) is 24.3 Å². The van der Waals surface area contributed by atoms with Gasteiger partial charge in [-0.1, -0.05) is 23.8 Å². The van der Waals surface area contributed by atoms with Gasteiger partial charge in [0.2, 0.25) is 0 Å². The van der Waals surface area contributed by atoms with E-state index in [9.17, 15) is 0 Å². The molecule has 2 heteroatoms. The van der Waals surface area contributed by atoms with Crippen LogP contribution in [0.15, 0.2) is 36.4 Å². The zero-order valence-corrected chi connectivity index (χ0v) is 7.46. The van der Waals surface area contributed by atoms with E-state index in [0.29, 0.717) is 0 Å². The minimum atomic E-state index is 0.797. The molecule has 0 saturated heterocycles. The molecule has 0 N–H and O–H groups in total. The average Bonchev–Trinajstić information content (AvgIpc) is 2.58. The number of hydrogen-bond donors (Lipinski definition) is 0. The molecule has 1 nitrogen and oxygen atoms in total. The highest BCUT2D eigenvalue weighted by Gasteiger charge is 2.05. The molecule has 0 unspecified atom stereocenters. The first-order chi connectivity index (χ1) is 5.86. The average molecular weight is 180 g/mol. The van der Waals surface area contributed by atoms with Crippen LogP contribution >= 0.6 is 11.6 Å². The van der Waals surface area contributed by atoms with E-state index < -0.39 is 0 Å². The SMILES string of the molecule is Clc1ccc(N2CC=CC2)cc1. The molecule has 1 aliphatic heterocycles. The van der Waals surface area contributed by atoms with Gasteiger partial charge in [0.15, 0.2) is 0 Å². The lowest BCUT2D eigenvalue weighted by Gasteiger charge is -2.17. The summed E-state index contributed by atoms with van der Waals surface area (Å²) in [5.41, 5.74) is 1.24. The Balaban J connectivity index is 2.18. The molecule has 0 spiro atoms. The van der Waals surface area contributed by atoms with Crippen LogP contribution in [0.4, 0.5) is 5.69 Å². The number of benzene rings is 1. The standard InChI is InChI=1S/C10H10ClN/c11-9-3-5-10(6-4-9)12-7-1-2-8-12/h1-6H,7-8H2. The second-order valence-electron chi connectivity index (χ2n) is 2.85. The third-order valence-corrected chi connectivity index (χ3v) is 2.26.